The van der Waals surface area contributed by atoms with E-state index in [4.69, 9.17) is 4.74 Å². The fourth-order valence-corrected chi connectivity index (χ4v) is 3.64. The molecule has 0 aliphatic carbocycles. The number of rotatable bonds is 2. The molecule has 5 nitrogen and oxygen atoms in total. The summed E-state index contributed by atoms with van der Waals surface area (Å²) in [6.45, 7) is 5.47. The number of piperazine rings is 1. The number of hydrogen-bond donors (Lipinski definition) is 0. The van der Waals surface area contributed by atoms with Crippen molar-refractivity contribution in [1.29, 1.82) is 0 Å². The van der Waals surface area contributed by atoms with Gasteiger partial charge in [0.25, 0.3) is 0 Å². The van der Waals surface area contributed by atoms with Crippen molar-refractivity contribution in [2.45, 2.75) is 18.9 Å². The minimum absolute atomic E-state index is 0.165. The lowest BCUT2D eigenvalue weighted by Crippen LogP contribution is -2.49. The van der Waals surface area contributed by atoms with E-state index in [-0.39, 0.29) is 5.91 Å². The Bertz CT molecular complexity index is 761. The second-order valence-electron chi connectivity index (χ2n) is 6.92. The van der Waals surface area contributed by atoms with Crippen LogP contribution in [-0.4, -0.2) is 53.5 Å². The number of amides is 1. The Morgan fingerprint density at radius 2 is 1.88 bits per heavy atom. The molecule has 1 aromatic heterocycles. The van der Waals surface area contributed by atoms with Crippen molar-refractivity contribution >= 4 is 5.91 Å². The lowest BCUT2D eigenvalue weighted by Gasteiger charge is -2.39. The van der Waals surface area contributed by atoms with Gasteiger partial charge >= 0.3 is 0 Å². The van der Waals surface area contributed by atoms with Crippen LogP contribution in [0.2, 0.25) is 0 Å². The predicted molar refractivity (Wildman–Crippen MR) is 92.4 cm³/mol. The smallest absolute Gasteiger partial charge is 0.227 e. The molecule has 2 aromatic rings. The molecule has 1 aromatic carbocycles. The molecule has 0 radical (unpaired) electrons. The van der Waals surface area contributed by atoms with Crippen molar-refractivity contribution < 1.29 is 9.53 Å². The molecule has 1 atom stereocenters. The Hall–Kier alpha value is -2.27. The molecule has 1 unspecified atom stereocenters. The van der Waals surface area contributed by atoms with Gasteiger partial charge in [-0.3, -0.25) is 4.79 Å². The average Bonchev–Trinajstić information content (AvgIpc) is 3.06. The zero-order valence-corrected chi connectivity index (χ0v) is 14.2. The van der Waals surface area contributed by atoms with E-state index in [9.17, 15) is 4.79 Å². The molecule has 1 fully saturated rings. The molecule has 24 heavy (non-hydrogen) atoms. The lowest BCUT2D eigenvalue weighted by molar-refractivity contribution is -0.137. The third-order valence-corrected chi connectivity index (χ3v) is 5.10. The van der Waals surface area contributed by atoms with Crippen LogP contribution in [0.3, 0.4) is 0 Å². The van der Waals surface area contributed by atoms with Gasteiger partial charge in [0, 0.05) is 32.4 Å². The molecule has 2 aliphatic heterocycles. The molecule has 126 valence electrons. The highest BCUT2D eigenvalue weighted by Gasteiger charge is 2.40. The van der Waals surface area contributed by atoms with Crippen molar-refractivity contribution in [2.24, 2.45) is 0 Å². The van der Waals surface area contributed by atoms with Crippen LogP contribution in [0.25, 0.3) is 5.69 Å². The number of fused-ring (bicyclic) bond motifs is 3. The normalized spacial score (nSPS) is 23.3. The van der Waals surface area contributed by atoms with Crippen molar-refractivity contribution in [3.05, 3.63) is 48.3 Å². The molecule has 1 amide bonds. The van der Waals surface area contributed by atoms with Crippen LogP contribution in [0.4, 0.5) is 0 Å². The molecule has 0 N–H and O–H groups in total. The Labute approximate surface area is 142 Å². The van der Waals surface area contributed by atoms with Gasteiger partial charge in [0.15, 0.2) is 5.60 Å². The number of nitrogens with zero attached hydrogens (tertiary/aromatic N) is 3. The number of likely N-dealkylation sites (N-methyl/N-ethyl adjacent to an activating group) is 1. The van der Waals surface area contributed by atoms with Crippen LogP contribution in [0, 0.1) is 0 Å². The molecule has 2 aliphatic rings. The van der Waals surface area contributed by atoms with E-state index in [0.717, 1.165) is 43.3 Å². The van der Waals surface area contributed by atoms with Gasteiger partial charge in [-0.2, -0.15) is 0 Å². The van der Waals surface area contributed by atoms with Crippen LogP contribution >= 0.6 is 0 Å². The van der Waals surface area contributed by atoms with Crippen molar-refractivity contribution in [3.8, 4) is 11.4 Å². The van der Waals surface area contributed by atoms with Gasteiger partial charge in [-0.15, -0.1) is 0 Å². The van der Waals surface area contributed by atoms with E-state index in [1.807, 2.05) is 54.4 Å². The van der Waals surface area contributed by atoms with Crippen LogP contribution < -0.4 is 4.74 Å². The van der Waals surface area contributed by atoms with E-state index < -0.39 is 5.60 Å². The standard InChI is InChI=1S/C19H23N3O2/c1-19(14-18(23)21-12-10-20(2)11-13-21)17-8-5-9-22(17)15-6-3-4-7-16(15)24-19/h3-9H,10-14H2,1-2H3. The summed E-state index contributed by atoms with van der Waals surface area (Å²) >= 11 is 0. The molecule has 3 heterocycles. The van der Waals surface area contributed by atoms with Gasteiger partial charge in [-0.1, -0.05) is 12.1 Å². The second kappa shape index (κ2) is 5.67. The first-order valence-electron chi connectivity index (χ1n) is 8.49. The average molecular weight is 325 g/mol. The van der Waals surface area contributed by atoms with Crippen molar-refractivity contribution in [3.63, 3.8) is 0 Å². The highest BCUT2D eigenvalue weighted by Crippen LogP contribution is 2.41. The zero-order valence-electron chi connectivity index (χ0n) is 14.2. The number of carbonyl (C=O) groups excluding carboxylic acids is 1. The zero-order chi connectivity index (χ0) is 16.7. The third kappa shape index (κ3) is 2.49. The van der Waals surface area contributed by atoms with Crippen LogP contribution in [0.5, 0.6) is 5.75 Å². The van der Waals surface area contributed by atoms with Gasteiger partial charge in [0.05, 0.1) is 17.8 Å². The van der Waals surface area contributed by atoms with Crippen LogP contribution in [0.1, 0.15) is 19.0 Å². The largest absolute Gasteiger partial charge is 0.479 e. The highest BCUT2D eigenvalue weighted by molar-refractivity contribution is 5.78. The number of carbonyl (C=O) groups is 1. The maximum absolute atomic E-state index is 12.8. The fraction of sp³-hybridized carbons (Fsp3) is 0.421. The van der Waals surface area contributed by atoms with Gasteiger partial charge < -0.3 is 19.1 Å². The molecule has 4 rings (SSSR count). The predicted octanol–water partition coefficient (Wildman–Crippen LogP) is 2.25. The van der Waals surface area contributed by atoms with Crippen molar-refractivity contribution in [1.82, 2.24) is 14.4 Å². The Balaban J connectivity index is 1.60. The monoisotopic (exact) mass is 325 g/mol. The number of ether oxygens (including phenoxy) is 1. The second-order valence-corrected chi connectivity index (χ2v) is 6.92. The van der Waals surface area contributed by atoms with Crippen LogP contribution in [-0.2, 0) is 10.4 Å². The third-order valence-electron chi connectivity index (χ3n) is 5.10. The van der Waals surface area contributed by atoms with Gasteiger partial charge in [0.1, 0.15) is 5.75 Å². The quantitative estimate of drug-likeness (QED) is 0.850. The summed E-state index contributed by atoms with van der Waals surface area (Å²) in [4.78, 5) is 17.1. The topological polar surface area (TPSA) is 37.7 Å². The molecule has 1 saturated heterocycles. The van der Waals surface area contributed by atoms with E-state index in [2.05, 4.69) is 16.5 Å². The van der Waals surface area contributed by atoms with Gasteiger partial charge in [-0.25, -0.2) is 0 Å². The maximum atomic E-state index is 12.8. The van der Waals surface area contributed by atoms with E-state index in [0.29, 0.717) is 6.42 Å². The molecule has 0 spiro atoms. The minimum atomic E-state index is -0.641. The molecular weight excluding hydrogens is 302 g/mol. The van der Waals surface area contributed by atoms with Crippen molar-refractivity contribution in [2.75, 3.05) is 33.2 Å². The number of hydrogen-bond acceptors (Lipinski definition) is 3. The summed E-state index contributed by atoms with van der Waals surface area (Å²) in [5.74, 6) is 0.993. The van der Waals surface area contributed by atoms with E-state index in [1.54, 1.807) is 0 Å². The van der Waals surface area contributed by atoms with Crippen LogP contribution in [0.15, 0.2) is 42.6 Å². The number of benzene rings is 1. The number of aromatic nitrogens is 1. The lowest BCUT2D eigenvalue weighted by atomic mass is 9.94. The first kappa shape index (κ1) is 15.3. The Morgan fingerprint density at radius 1 is 1.12 bits per heavy atom. The molecule has 0 saturated carbocycles. The maximum Gasteiger partial charge on any atom is 0.227 e. The summed E-state index contributed by atoms with van der Waals surface area (Å²) in [7, 11) is 2.09. The summed E-state index contributed by atoms with van der Waals surface area (Å²) in [6, 6.07) is 12.0. The first-order valence-corrected chi connectivity index (χ1v) is 8.49. The van der Waals surface area contributed by atoms with E-state index >= 15 is 0 Å². The highest BCUT2D eigenvalue weighted by atomic mass is 16.5. The fourth-order valence-electron chi connectivity index (χ4n) is 3.64. The number of para-hydroxylation sites is 2. The van der Waals surface area contributed by atoms with Gasteiger partial charge in [-0.05, 0) is 38.2 Å². The SMILES string of the molecule is CN1CCN(C(=O)CC2(C)Oc3ccccc3-n3cccc32)CC1. The summed E-state index contributed by atoms with van der Waals surface area (Å²) < 4.78 is 8.44. The van der Waals surface area contributed by atoms with E-state index in [1.165, 1.54) is 0 Å². The first-order chi connectivity index (χ1) is 11.6. The van der Waals surface area contributed by atoms with Gasteiger partial charge in [0.2, 0.25) is 5.91 Å². The Morgan fingerprint density at radius 3 is 2.67 bits per heavy atom. The molecule has 5 heteroatoms. The minimum Gasteiger partial charge on any atom is -0.479 e. The summed E-state index contributed by atoms with van der Waals surface area (Å²) in [5, 5.41) is 0. The summed E-state index contributed by atoms with van der Waals surface area (Å²) in [6.07, 6.45) is 2.39. The molecular formula is C19H23N3O2. The Kier molecular flexibility index (Phi) is 3.61. The molecule has 0 bridgehead atoms. The summed E-state index contributed by atoms with van der Waals surface area (Å²) in [5.41, 5.74) is 1.42.